The van der Waals surface area contributed by atoms with Gasteiger partial charge in [0.2, 0.25) is 5.91 Å². The van der Waals surface area contributed by atoms with Crippen molar-refractivity contribution >= 4 is 17.4 Å². The van der Waals surface area contributed by atoms with Crippen LogP contribution in [0.25, 0.3) is 0 Å². The van der Waals surface area contributed by atoms with Crippen molar-refractivity contribution in [2.24, 2.45) is 0 Å². The molecular formula is C20H23N5O3. The standard InChI is InChI=1S/C20H23N5O3/c26-20(23-17-7-3-5-14-4-1-2-6-16(14)17)18-13-24(11-10-21-18)19-9-8-15(12-22-19)25(27)28/h1-2,4,6,8-9,12,17-18,21H,3,5,7,10-11,13H2,(H,23,26). The third-order valence-electron chi connectivity index (χ3n) is 5.44. The minimum atomic E-state index is -0.465. The van der Waals surface area contributed by atoms with Gasteiger partial charge in [-0.05, 0) is 36.5 Å². The number of nitrogens with zero attached hydrogens (tertiary/aromatic N) is 3. The van der Waals surface area contributed by atoms with E-state index >= 15 is 0 Å². The quantitative estimate of drug-likeness (QED) is 0.620. The number of carbonyl (C=O) groups excluding carboxylic acids is 1. The summed E-state index contributed by atoms with van der Waals surface area (Å²) in [5.41, 5.74) is 2.49. The van der Waals surface area contributed by atoms with E-state index in [1.807, 2.05) is 17.0 Å². The highest BCUT2D eigenvalue weighted by molar-refractivity contribution is 5.83. The summed E-state index contributed by atoms with van der Waals surface area (Å²) >= 11 is 0. The zero-order valence-corrected chi connectivity index (χ0v) is 15.5. The molecule has 2 aliphatic rings. The molecule has 2 heterocycles. The van der Waals surface area contributed by atoms with Gasteiger partial charge in [0.05, 0.1) is 11.0 Å². The summed E-state index contributed by atoms with van der Waals surface area (Å²) in [7, 11) is 0. The second kappa shape index (κ2) is 7.93. The van der Waals surface area contributed by atoms with Gasteiger partial charge in [-0.3, -0.25) is 14.9 Å². The summed E-state index contributed by atoms with van der Waals surface area (Å²) in [5.74, 6) is 0.626. The predicted molar refractivity (Wildman–Crippen MR) is 105 cm³/mol. The lowest BCUT2D eigenvalue weighted by atomic mass is 9.87. The highest BCUT2D eigenvalue weighted by Crippen LogP contribution is 2.29. The van der Waals surface area contributed by atoms with Gasteiger partial charge in [-0.25, -0.2) is 4.98 Å². The summed E-state index contributed by atoms with van der Waals surface area (Å²) in [4.78, 5) is 29.4. The van der Waals surface area contributed by atoms with E-state index in [2.05, 4.69) is 27.8 Å². The number of nitro groups is 1. The molecule has 146 valence electrons. The van der Waals surface area contributed by atoms with Gasteiger partial charge in [0.15, 0.2) is 0 Å². The van der Waals surface area contributed by atoms with Crippen LogP contribution in [0.5, 0.6) is 0 Å². The fourth-order valence-electron chi connectivity index (χ4n) is 3.98. The fraction of sp³-hybridized carbons (Fsp3) is 0.400. The van der Waals surface area contributed by atoms with E-state index in [-0.39, 0.29) is 23.7 Å². The van der Waals surface area contributed by atoms with Crippen molar-refractivity contribution in [3.63, 3.8) is 0 Å². The van der Waals surface area contributed by atoms with Gasteiger partial charge in [-0.15, -0.1) is 0 Å². The van der Waals surface area contributed by atoms with Gasteiger partial charge in [0.25, 0.3) is 5.69 Å². The van der Waals surface area contributed by atoms with E-state index in [0.29, 0.717) is 25.5 Å². The van der Waals surface area contributed by atoms with Gasteiger partial charge in [0.1, 0.15) is 18.1 Å². The lowest BCUT2D eigenvalue weighted by Crippen LogP contribution is -2.57. The summed E-state index contributed by atoms with van der Waals surface area (Å²) in [5, 5.41) is 17.3. The Morgan fingerprint density at radius 1 is 1.29 bits per heavy atom. The third-order valence-corrected chi connectivity index (χ3v) is 5.44. The Kier molecular flexibility index (Phi) is 5.21. The maximum Gasteiger partial charge on any atom is 0.287 e. The molecule has 2 unspecified atom stereocenters. The molecule has 0 spiro atoms. The van der Waals surface area contributed by atoms with Crippen LogP contribution >= 0.6 is 0 Å². The summed E-state index contributed by atoms with van der Waals surface area (Å²) < 4.78 is 0. The van der Waals surface area contributed by atoms with Crippen molar-refractivity contribution in [2.45, 2.75) is 31.3 Å². The Morgan fingerprint density at radius 3 is 2.93 bits per heavy atom. The molecule has 1 aromatic heterocycles. The smallest absolute Gasteiger partial charge is 0.287 e. The minimum Gasteiger partial charge on any atom is -0.353 e. The molecule has 0 saturated carbocycles. The minimum absolute atomic E-state index is 0.0201. The van der Waals surface area contributed by atoms with Crippen LogP contribution in [0, 0.1) is 10.1 Å². The second-order valence-corrected chi connectivity index (χ2v) is 7.24. The number of pyridine rings is 1. The lowest BCUT2D eigenvalue weighted by Gasteiger charge is -2.35. The molecule has 8 heteroatoms. The number of hydrogen-bond donors (Lipinski definition) is 2. The Labute approximate surface area is 163 Å². The normalized spacial score (nSPS) is 21.6. The molecule has 1 amide bonds. The number of rotatable bonds is 4. The topological polar surface area (TPSA) is 100 Å². The Hall–Kier alpha value is -3.00. The summed E-state index contributed by atoms with van der Waals surface area (Å²) in [6, 6.07) is 11.1. The van der Waals surface area contributed by atoms with Crippen LogP contribution in [0.1, 0.15) is 30.0 Å². The summed E-state index contributed by atoms with van der Waals surface area (Å²) in [6.45, 7) is 1.82. The zero-order chi connectivity index (χ0) is 19.5. The number of nitrogens with one attached hydrogen (secondary N) is 2. The van der Waals surface area contributed by atoms with Crippen molar-refractivity contribution in [1.82, 2.24) is 15.6 Å². The maximum absolute atomic E-state index is 12.9. The van der Waals surface area contributed by atoms with E-state index in [9.17, 15) is 14.9 Å². The highest BCUT2D eigenvalue weighted by atomic mass is 16.6. The predicted octanol–water partition coefficient (Wildman–Crippen LogP) is 1.96. The van der Waals surface area contributed by atoms with Crippen molar-refractivity contribution in [1.29, 1.82) is 0 Å². The first kappa shape index (κ1) is 18.4. The molecule has 1 saturated heterocycles. The first-order valence-electron chi connectivity index (χ1n) is 9.59. The van der Waals surface area contributed by atoms with Crippen LogP contribution in [0.2, 0.25) is 0 Å². The van der Waals surface area contributed by atoms with E-state index in [1.54, 1.807) is 6.07 Å². The Morgan fingerprint density at radius 2 is 2.14 bits per heavy atom. The first-order valence-corrected chi connectivity index (χ1v) is 9.59. The molecule has 1 aromatic carbocycles. The average molecular weight is 381 g/mol. The van der Waals surface area contributed by atoms with E-state index in [0.717, 1.165) is 19.3 Å². The second-order valence-electron chi connectivity index (χ2n) is 7.24. The van der Waals surface area contributed by atoms with Crippen molar-refractivity contribution in [3.05, 3.63) is 63.8 Å². The van der Waals surface area contributed by atoms with Crippen molar-refractivity contribution in [3.8, 4) is 0 Å². The van der Waals surface area contributed by atoms with E-state index in [4.69, 9.17) is 0 Å². The highest BCUT2D eigenvalue weighted by Gasteiger charge is 2.29. The van der Waals surface area contributed by atoms with Gasteiger partial charge in [-0.1, -0.05) is 24.3 Å². The Balaban J connectivity index is 1.42. The van der Waals surface area contributed by atoms with Crippen LogP contribution in [0.3, 0.4) is 0 Å². The lowest BCUT2D eigenvalue weighted by molar-refractivity contribution is -0.385. The molecular weight excluding hydrogens is 358 g/mol. The molecule has 1 fully saturated rings. The number of piperazine rings is 1. The molecule has 0 radical (unpaired) electrons. The van der Waals surface area contributed by atoms with E-state index < -0.39 is 4.92 Å². The van der Waals surface area contributed by atoms with Crippen molar-refractivity contribution in [2.75, 3.05) is 24.5 Å². The van der Waals surface area contributed by atoms with Crippen LogP contribution in [-0.4, -0.2) is 41.5 Å². The average Bonchev–Trinajstić information content (AvgIpc) is 2.74. The zero-order valence-electron chi connectivity index (χ0n) is 15.5. The number of aromatic nitrogens is 1. The van der Waals surface area contributed by atoms with Gasteiger partial charge in [-0.2, -0.15) is 0 Å². The number of aryl methyl sites for hydroxylation is 1. The number of fused-ring (bicyclic) bond motifs is 1. The van der Waals surface area contributed by atoms with Crippen LogP contribution in [0.4, 0.5) is 11.5 Å². The number of amides is 1. The molecule has 1 aliphatic carbocycles. The van der Waals surface area contributed by atoms with Crippen LogP contribution < -0.4 is 15.5 Å². The molecule has 1 aliphatic heterocycles. The Bertz CT molecular complexity index is 870. The monoisotopic (exact) mass is 381 g/mol. The molecule has 0 bridgehead atoms. The van der Waals surface area contributed by atoms with E-state index in [1.165, 1.54) is 23.4 Å². The van der Waals surface area contributed by atoms with Gasteiger partial charge >= 0.3 is 0 Å². The summed E-state index contributed by atoms with van der Waals surface area (Å²) in [6.07, 6.45) is 4.33. The SMILES string of the molecule is O=C(NC1CCCc2ccccc21)C1CN(c2ccc([N+](=O)[O-])cn2)CCN1. The number of anilines is 1. The van der Waals surface area contributed by atoms with Gasteiger partial charge in [0, 0.05) is 25.7 Å². The maximum atomic E-state index is 12.9. The first-order chi connectivity index (χ1) is 13.6. The molecule has 4 rings (SSSR count). The molecule has 8 nitrogen and oxygen atoms in total. The largest absolute Gasteiger partial charge is 0.353 e. The molecule has 2 atom stereocenters. The van der Waals surface area contributed by atoms with Gasteiger partial charge < -0.3 is 15.5 Å². The third kappa shape index (κ3) is 3.82. The van der Waals surface area contributed by atoms with Crippen LogP contribution in [0.15, 0.2) is 42.6 Å². The van der Waals surface area contributed by atoms with Crippen LogP contribution in [-0.2, 0) is 11.2 Å². The molecule has 28 heavy (non-hydrogen) atoms. The molecule has 2 N–H and O–H groups in total. The van der Waals surface area contributed by atoms with Crippen molar-refractivity contribution < 1.29 is 9.72 Å². The number of hydrogen-bond acceptors (Lipinski definition) is 6. The number of carbonyl (C=O) groups is 1. The number of benzene rings is 1. The molecule has 2 aromatic rings. The fourth-order valence-corrected chi connectivity index (χ4v) is 3.98.